The SMILES string of the molecule is Cc1ccc2c(c1)SCC2(C)C. The topological polar surface area (TPSA) is 0 Å². The van der Waals surface area contributed by atoms with Crippen LogP contribution in [0.15, 0.2) is 23.1 Å². The van der Waals surface area contributed by atoms with Crippen LogP contribution >= 0.6 is 11.8 Å². The zero-order valence-electron chi connectivity index (χ0n) is 7.85. The van der Waals surface area contributed by atoms with E-state index < -0.39 is 0 Å². The molecular formula is C11H14S. The molecule has 0 bridgehead atoms. The lowest BCUT2D eigenvalue weighted by Gasteiger charge is -2.17. The second-order valence-corrected chi connectivity index (χ2v) is 5.19. The third kappa shape index (κ3) is 1.16. The first kappa shape index (κ1) is 8.18. The van der Waals surface area contributed by atoms with E-state index in [0.717, 1.165) is 0 Å². The Kier molecular flexibility index (Phi) is 1.72. The highest BCUT2D eigenvalue weighted by Gasteiger charge is 2.29. The molecule has 2 rings (SSSR count). The summed E-state index contributed by atoms with van der Waals surface area (Å²) in [6.45, 7) is 6.80. The van der Waals surface area contributed by atoms with Crippen molar-refractivity contribution >= 4 is 11.8 Å². The van der Waals surface area contributed by atoms with Crippen LogP contribution < -0.4 is 0 Å². The van der Waals surface area contributed by atoms with Crippen LogP contribution in [0.1, 0.15) is 25.0 Å². The molecule has 12 heavy (non-hydrogen) atoms. The van der Waals surface area contributed by atoms with Gasteiger partial charge >= 0.3 is 0 Å². The lowest BCUT2D eigenvalue weighted by Crippen LogP contribution is -2.15. The molecule has 64 valence electrons. The molecule has 0 amide bonds. The van der Waals surface area contributed by atoms with Crippen molar-refractivity contribution in [3.63, 3.8) is 0 Å². The molecule has 1 heteroatoms. The Balaban J connectivity index is 2.55. The van der Waals surface area contributed by atoms with Gasteiger partial charge in [0.2, 0.25) is 0 Å². The van der Waals surface area contributed by atoms with Crippen molar-refractivity contribution in [2.75, 3.05) is 5.75 Å². The summed E-state index contributed by atoms with van der Waals surface area (Å²) < 4.78 is 0. The Morgan fingerprint density at radius 2 is 2.08 bits per heavy atom. The van der Waals surface area contributed by atoms with E-state index in [4.69, 9.17) is 0 Å². The van der Waals surface area contributed by atoms with Crippen molar-refractivity contribution in [3.8, 4) is 0 Å². The van der Waals surface area contributed by atoms with E-state index in [-0.39, 0.29) is 0 Å². The van der Waals surface area contributed by atoms with Gasteiger partial charge in [0.05, 0.1) is 0 Å². The number of aryl methyl sites for hydroxylation is 1. The predicted molar refractivity (Wildman–Crippen MR) is 54.9 cm³/mol. The molecule has 0 fully saturated rings. The Labute approximate surface area is 78.4 Å². The van der Waals surface area contributed by atoms with Gasteiger partial charge in [0, 0.05) is 16.1 Å². The average molecular weight is 178 g/mol. The minimum atomic E-state index is 0.383. The summed E-state index contributed by atoms with van der Waals surface area (Å²) in [5.41, 5.74) is 3.28. The summed E-state index contributed by atoms with van der Waals surface area (Å²) in [5, 5.41) is 0. The van der Waals surface area contributed by atoms with Crippen molar-refractivity contribution in [1.29, 1.82) is 0 Å². The molecule has 0 aliphatic carbocycles. The van der Waals surface area contributed by atoms with Crippen molar-refractivity contribution in [3.05, 3.63) is 29.3 Å². The molecule has 1 aromatic rings. The molecule has 0 atom stereocenters. The normalized spacial score (nSPS) is 19.2. The number of benzene rings is 1. The van der Waals surface area contributed by atoms with Crippen molar-refractivity contribution in [1.82, 2.24) is 0 Å². The first-order valence-electron chi connectivity index (χ1n) is 4.33. The molecule has 1 aromatic carbocycles. The van der Waals surface area contributed by atoms with Gasteiger partial charge in [-0.2, -0.15) is 0 Å². The fraction of sp³-hybridized carbons (Fsp3) is 0.455. The van der Waals surface area contributed by atoms with Gasteiger partial charge in [-0.05, 0) is 24.1 Å². The lowest BCUT2D eigenvalue weighted by molar-refractivity contribution is 0.605. The number of hydrogen-bond donors (Lipinski definition) is 0. The predicted octanol–water partition coefficient (Wildman–Crippen LogP) is 3.38. The van der Waals surface area contributed by atoms with Crippen LogP contribution in [-0.2, 0) is 5.41 Å². The molecule has 0 radical (unpaired) electrons. The summed E-state index contributed by atoms with van der Waals surface area (Å²) in [7, 11) is 0. The molecule has 0 unspecified atom stereocenters. The fourth-order valence-corrected chi connectivity index (χ4v) is 3.08. The molecule has 0 spiro atoms. The number of hydrogen-bond acceptors (Lipinski definition) is 1. The standard InChI is InChI=1S/C11H14S/c1-8-4-5-9-10(6-8)12-7-11(9,2)3/h4-6H,7H2,1-3H3. The van der Waals surface area contributed by atoms with Crippen LogP contribution in [0.4, 0.5) is 0 Å². The largest absolute Gasteiger partial charge is 0.125 e. The Bertz CT molecular complexity index is 313. The van der Waals surface area contributed by atoms with Crippen LogP contribution in [0.2, 0.25) is 0 Å². The van der Waals surface area contributed by atoms with E-state index in [9.17, 15) is 0 Å². The highest BCUT2D eigenvalue weighted by Crippen LogP contribution is 2.43. The number of fused-ring (bicyclic) bond motifs is 1. The van der Waals surface area contributed by atoms with Crippen molar-refractivity contribution in [2.45, 2.75) is 31.1 Å². The summed E-state index contributed by atoms with van der Waals surface area (Å²) >= 11 is 1.99. The van der Waals surface area contributed by atoms with Gasteiger partial charge in [-0.15, -0.1) is 11.8 Å². The molecule has 0 saturated heterocycles. The van der Waals surface area contributed by atoms with Gasteiger partial charge in [-0.25, -0.2) is 0 Å². The van der Waals surface area contributed by atoms with E-state index in [1.807, 2.05) is 11.8 Å². The van der Waals surface area contributed by atoms with Gasteiger partial charge in [-0.1, -0.05) is 26.0 Å². The average Bonchev–Trinajstić information content (AvgIpc) is 2.27. The minimum Gasteiger partial charge on any atom is -0.125 e. The van der Waals surface area contributed by atoms with Crippen LogP contribution in [0.5, 0.6) is 0 Å². The van der Waals surface area contributed by atoms with E-state index in [1.54, 1.807) is 0 Å². The summed E-state index contributed by atoms with van der Waals surface area (Å²) in [6.07, 6.45) is 0. The Hall–Kier alpha value is -0.430. The molecule has 1 aliphatic rings. The third-order valence-corrected chi connectivity index (χ3v) is 3.97. The maximum atomic E-state index is 2.32. The second kappa shape index (κ2) is 2.53. The van der Waals surface area contributed by atoms with E-state index in [1.165, 1.54) is 21.8 Å². The zero-order valence-corrected chi connectivity index (χ0v) is 8.66. The highest BCUT2D eigenvalue weighted by atomic mass is 32.2. The molecule has 0 saturated carbocycles. The quantitative estimate of drug-likeness (QED) is 0.587. The van der Waals surface area contributed by atoms with Crippen molar-refractivity contribution < 1.29 is 0 Å². The second-order valence-electron chi connectivity index (χ2n) is 4.17. The van der Waals surface area contributed by atoms with Gasteiger partial charge in [0.1, 0.15) is 0 Å². The van der Waals surface area contributed by atoms with Crippen LogP contribution in [0.3, 0.4) is 0 Å². The first-order chi connectivity index (χ1) is 5.59. The van der Waals surface area contributed by atoms with Gasteiger partial charge in [-0.3, -0.25) is 0 Å². The van der Waals surface area contributed by atoms with Crippen LogP contribution in [-0.4, -0.2) is 5.75 Å². The minimum absolute atomic E-state index is 0.383. The zero-order chi connectivity index (χ0) is 8.77. The maximum absolute atomic E-state index is 2.32. The third-order valence-electron chi connectivity index (χ3n) is 2.45. The molecular weight excluding hydrogens is 164 g/mol. The summed E-state index contributed by atoms with van der Waals surface area (Å²) in [5.74, 6) is 1.23. The maximum Gasteiger partial charge on any atom is 0.0113 e. The summed E-state index contributed by atoms with van der Waals surface area (Å²) in [6, 6.07) is 6.80. The number of rotatable bonds is 0. The van der Waals surface area contributed by atoms with Crippen molar-refractivity contribution in [2.24, 2.45) is 0 Å². The van der Waals surface area contributed by atoms with Crippen LogP contribution in [0.25, 0.3) is 0 Å². The Morgan fingerprint density at radius 3 is 2.83 bits per heavy atom. The van der Waals surface area contributed by atoms with Gasteiger partial charge < -0.3 is 0 Å². The van der Waals surface area contributed by atoms with E-state index in [2.05, 4.69) is 39.0 Å². The smallest absolute Gasteiger partial charge is 0.0113 e. The molecule has 0 N–H and O–H groups in total. The van der Waals surface area contributed by atoms with Gasteiger partial charge in [0.25, 0.3) is 0 Å². The van der Waals surface area contributed by atoms with Crippen LogP contribution in [0, 0.1) is 6.92 Å². The molecule has 0 aromatic heterocycles. The van der Waals surface area contributed by atoms with Gasteiger partial charge in [0.15, 0.2) is 0 Å². The lowest BCUT2D eigenvalue weighted by atomic mass is 9.87. The highest BCUT2D eigenvalue weighted by molar-refractivity contribution is 7.99. The molecule has 1 aliphatic heterocycles. The first-order valence-corrected chi connectivity index (χ1v) is 5.32. The van der Waals surface area contributed by atoms with E-state index in [0.29, 0.717) is 5.41 Å². The number of thioether (sulfide) groups is 1. The monoisotopic (exact) mass is 178 g/mol. The van der Waals surface area contributed by atoms with E-state index >= 15 is 0 Å². The fourth-order valence-electron chi connectivity index (χ4n) is 1.64. The molecule has 1 heterocycles. The Morgan fingerprint density at radius 1 is 1.33 bits per heavy atom. The molecule has 0 nitrogen and oxygen atoms in total. The summed E-state index contributed by atoms with van der Waals surface area (Å²) in [4.78, 5) is 1.49.